The number of para-hydroxylation sites is 1. The van der Waals surface area contributed by atoms with Gasteiger partial charge in [0.05, 0.1) is 16.8 Å². The molecule has 3 heterocycles. The van der Waals surface area contributed by atoms with Crippen molar-refractivity contribution in [2.24, 2.45) is 5.92 Å². The first-order chi connectivity index (χ1) is 15.8. The number of nitrogens with zero attached hydrogens (tertiary/aromatic N) is 5. The number of rotatable bonds is 5. The van der Waals surface area contributed by atoms with Crippen molar-refractivity contribution in [1.29, 1.82) is 0 Å². The maximum atomic E-state index is 13.6. The number of carbonyl (C=O) groups is 2. The van der Waals surface area contributed by atoms with E-state index in [9.17, 15) is 14.4 Å². The van der Waals surface area contributed by atoms with Crippen LogP contribution in [0, 0.1) is 5.92 Å². The van der Waals surface area contributed by atoms with E-state index < -0.39 is 0 Å². The molecule has 1 fully saturated rings. The first-order valence-corrected chi connectivity index (χ1v) is 11.5. The molecule has 0 radical (unpaired) electrons. The molecule has 8 heteroatoms. The third kappa shape index (κ3) is 4.55. The number of fused-ring (bicyclic) bond motifs is 1. The lowest BCUT2D eigenvalue weighted by molar-refractivity contribution is -0.133. The fourth-order valence-corrected chi connectivity index (χ4v) is 4.13. The summed E-state index contributed by atoms with van der Waals surface area (Å²) in [6.45, 7) is 10.0. The Kier molecular flexibility index (Phi) is 6.35. The molecule has 0 aromatic heterocycles. The number of carbonyl (C=O) groups excluding carboxylic acids is 2. The van der Waals surface area contributed by atoms with Crippen molar-refractivity contribution >= 4 is 11.8 Å². The molecule has 0 N–H and O–H groups in total. The monoisotopic (exact) mass is 449 g/mol. The van der Waals surface area contributed by atoms with Crippen LogP contribution in [0.2, 0.25) is 0 Å². The molecular formula is C25H31N5O3. The van der Waals surface area contributed by atoms with Crippen LogP contribution < -0.4 is 5.56 Å². The van der Waals surface area contributed by atoms with Gasteiger partial charge in [-0.2, -0.15) is 9.78 Å². The molecule has 0 aliphatic carbocycles. The average molecular weight is 450 g/mol. The summed E-state index contributed by atoms with van der Waals surface area (Å²) in [5.41, 5.74) is 1.65. The summed E-state index contributed by atoms with van der Waals surface area (Å²) in [5, 5.41) is 4.55. The topological polar surface area (TPSA) is 80.4 Å². The molecule has 2 amide bonds. The molecule has 8 nitrogen and oxygen atoms in total. The van der Waals surface area contributed by atoms with E-state index in [0.29, 0.717) is 61.0 Å². The van der Waals surface area contributed by atoms with Crippen LogP contribution in [0.1, 0.15) is 50.5 Å². The van der Waals surface area contributed by atoms with Gasteiger partial charge in [0.15, 0.2) is 0 Å². The van der Waals surface area contributed by atoms with Gasteiger partial charge in [-0.15, -0.1) is 0 Å². The molecular weight excluding hydrogens is 418 g/mol. The van der Waals surface area contributed by atoms with Gasteiger partial charge in [0, 0.05) is 51.0 Å². The van der Waals surface area contributed by atoms with Gasteiger partial charge in [0.2, 0.25) is 5.91 Å². The Bertz CT molecular complexity index is 1170. The van der Waals surface area contributed by atoms with Crippen molar-refractivity contribution in [2.45, 2.75) is 40.2 Å². The van der Waals surface area contributed by atoms with E-state index in [4.69, 9.17) is 0 Å². The molecule has 1 aromatic carbocycles. The number of hydrogen-bond donors (Lipinski definition) is 0. The van der Waals surface area contributed by atoms with Gasteiger partial charge in [-0.05, 0) is 31.9 Å². The smallest absolute Gasteiger partial charge is 0.282 e. The van der Waals surface area contributed by atoms with Crippen molar-refractivity contribution in [3.8, 4) is 16.9 Å². The highest BCUT2D eigenvalue weighted by Crippen LogP contribution is 2.25. The highest BCUT2D eigenvalue weighted by molar-refractivity contribution is 6.00. The maximum absolute atomic E-state index is 13.6. The number of amides is 2. The van der Waals surface area contributed by atoms with Crippen LogP contribution in [0.3, 0.4) is 0 Å². The van der Waals surface area contributed by atoms with Crippen LogP contribution in [-0.2, 0) is 4.79 Å². The minimum atomic E-state index is -0.246. The summed E-state index contributed by atoms with van der Waals surface area (Å²) in [4.78, 5) is 42.7. The molecule has 33 heavy (non-hydrogen) atoms. The zero-order valence-electron chi connectivity index (χ0n) is 19.7. The Morgan fingerprint density at radius 3 is 2.18 bits per heavy atom. The number of piperazine rings is 1. The molecule has 174 valence electrons. The van der Waals surface area contributed by atoms with Gasteiger partial charge in [-0.1, -0.05) is 32.0 Å². The van der Waals surface area contributed by atoms with E-state index in [2.05, 4.69) is 5.10 Å². The van der Waals surface area contributed by atoms with Crippen LogP contribution >= 0.6 is 0 Å². The normalized spacial score (nSPS) is 14.5. The van der Waals surface area contributed by atoms with Crippen LogP contribution in [0.15, 0.2) is 47.5 Å². The Morgan fingerprint density at radius 2 is 1.58 bits per heavy atom. The summed E-state index contributed by atoms with van der Waals surface area (Å²) in [7, 11) is 0. The quantitative estimate of drug-likeness (QED) is 0.600. The van der Waals surface area contributed by atoms with Crippen LogP contribution in [-0.4, -0.2) is 62.1 Å². The minimum absolute atomic E-state index is 0.0749. The summed E-state index contributed by atoms with van der Waals surface area (Å²) >= 11 is 0. The molecule has 1 saturated heterocycles. The summed E-state index contributed by atoms with van der Waals surface area (Å²) in [5.74, 6) is 0.278. The first-order valence-electron chi connectivity index (χ1n) is 11.5. The average Bonchev–Trinajstić information content (AvgIpc) is 3.14. The molecule has 1 aromatic rings. The number of hydrogen-bond acceptors (Lipinski definition) is 4. The van der Waals surface area contributed by atoms with Crippen molar-refractivity contribution < 1.29 is 9.59 Å². The van der Waals surface area contributed by atoms with Crippen LogP contribution in [0.4, 0.5) is 0 Å². The maximum Gasteiger partial charge on any atom is 0.282 e. The zero-order valence-corrected chi connectivity index (χ0v) is 19.7. The van der Waals surface area contributed by atoms with E-state index in [1.54, 1.807) is 17.3 Å². The molecule has 0 unspecified atom stereocenters. The second kappa shape index (κ2) is 9.21. The van der Waals surface area contributed by atoms with Gasteiger partial charge in [0.25, 0.3) is 11.5 Å². The second-order valence-electron chi connectivity index (χ2n) is 9.30. The van der Waals surface area contributed by atoms with Gasteiger partial charge in [-0.3, -0.25) is 14.4 Å². The van der Waals surface area contributed by atoms with Crippen LogP contribution in [0.25, 0.3) is 16.9 Å². The van der Waals surface area contributed by atoms with Gasteiger partial charge < -0.3 is 14.4 Å². The first kappa shape index (κ1) is 22.8. The third-order valence-electron chi connectivity index (χ3n) is 6.02. The lowest BCUT2D eigenvalue weighted by atomic mass is 10.1. The third-order valence-corrected chi connectivity index (χ3v) is 6.02. The minimum Gasteiger partial charge on any atom is -0.350 e. The zero-order chi connectivity index (χ0) is 23.7. The van der Waals surface area contributed by atoms with E-state index >= 15 is 0 Å². The molecule has 0 spiro atoms. The van der Waals surface area contributed by atoms with E-state index in [0.717, 1.165) is 0 Å². The number of pyridine rings is 1. The number of benzene rings is 1. The van der Waals surface area contributed by atoms with E-state index in [-0.39, 0.29) is 23.4 Å². The Morgan fingerprint density at radius 1 is 0.939 bits per heavy atom. The Labute approximate surface area is 193 Å². The predicted molar refractivity (Wildman–Crippen MR) is 127 cm³/mol. The highest BCUT2D eigenvalue weighted by atomic mass is 16.2. The van der Waals surface area contributed by atoms with Crippen molar-refractivity contribution in [3.63, 3.8) is 0 Å². The van der Waals surface area contributed by atoms with Gasteiger partial charge in [0.1, 0.15) is 5.69 Å². The SMILES string of the molecule is CC(C)CC(=O)N1CCN(C(=O)c2cn(C(C)C)cc3c(=O)n(-c4ccccc4)nc2-3)CC1. The van der Waals surface area contributed by atoms with Crippen LogP contribution in [0.5, 0.6) is 0 Å². The largest absolute Gasteiger partial charge is 0.350 e. The molecule has 0 saturated carbocycles. The van der Waals surface area contributed by atoms with Crippen molar-refractivity contribution in [2.75, 3.05) is 26.2 Å². The van der Waals surface area contributed by atoms with Gasteiger partial charge in [-0.25, -0.2) is 0 Å². The summed E-state index contributed by atoms with van der Waals surface area (Å²) < 4.78 is 3.24. The Balaban J connectivity index is 1.66. The summed E-state index contributed by atoms with van der Waals surface area (Å²) in [6.07, 6.45) is 4.08. The molecule has 3 aliphatic heterocycles. The van der Waals surface area contributed by atoms with Crippen molar-refractivity contribution in [3.05, 3.63) is 58.6 Å². The standard InChI is InChI=1S/C25H31N5O3/c1-17(2)14-22(31)27-10-12-28(13-11-27)24(32)20-15-29(18(3)4)16-21-23(20)26-30(25(21)33)19-8-6-5-7-9-19/h5-9,15-18H,10-14H2,1-4H3. The summed E-state index contributed by atoms with van der Waals surface area (Å²) in [6, 6.07) is 9.29. The second-order valence-corrected chi connectivity index (χ2v) is 9.30. The molecule has 0 bridgehead atoms. The van der Waals surface area contributed by atoms with E-state index in [1.807, 2.05) is 67.5 Å². The van der Waals surface area contributed by atoms with E-state index in [1.165, 1.54) is 4.68 Å². The molecule has 4 rings (SSSR count). The molecule has 3 aliphatic rings. The Hall–Kier alpha value is -3.42. The lowest BCUT2D eigenvalue weighted by Crippen LogP contribution is -2.50. The fraction of sp³-hybridized carbons (Fsp3) is 0.440. The van der Waals surface area contributed by atoms with Gasteiger partial charge >= 0.3 is 0 Å². The fourth-order valence-electron chi connectivity index (χ4n) is 4.13. The number of aromatic nitrogens is 3. The molecule has 0 atom stereocenters. The lowest BCUT2D eigenvalue weighted by Gasteiger charge is -2.35. The highest BCUT2D eigenvalue weighted by Gasteiger charge is 2.30. The van der Waals surface area contributed by atoms with Crippen molar-refractivity contribution in [1.82, 2.24) is 24.1 Å². The predicted octanol–water partition coefficient (Wildman–Crippen LogP) is 3.05.